The Morgan fingerprint density at radius 3 is 2.29 bits per heavy atom. The van der Waals surface area contributed by atoms with Gasteiger partial charge in [0.1, 0.15) is 0 Å². The summed E-state index contributed by atoms with van der Waals surface area (Å²) in [6, 6.07) is 23.2. The van der Waals surface area contributed by atoms with E-state index in [2.05, 4.69) is 54.6 Å². The van der Waals surface area contributed by atoms with Gasteiger partial charge in [-0.25, -0.2) is 4.98 Å². The second kappa shape index (κ2) is 6.06. The summed E-state index contributed by atoms with van der Waals surface area (Å²) >= 11 is 1.80. The zero-order chi connectivity index (χ0) is 14.7. The topological polar surface area (TPSA) is 12.9 Å². The molecule has 2 heterocycles. The van der Waals surface area contributed by atoms with Gasteiger partial charge in [-0.2, -0.15) is 0 Å². The Balaban J connectivity index is 0.000000636. The maximum Gasteiger partial charge on any atom is 0.0809 e. The molecule has 0 saturated carbocycles. The van der Waals surface area contributed by atoms with Gasteiger partial charge in [-0.1, -0.05) is 56.3 Å². The third-order valence-electron chi connectivity index (χ3n) is 3.28. The van der Waals surface area contributed by atoms with Gasteiger partial charge in [-0.3, -0.25) is 0 Å². The van der Waals surface area contributed by atoms with E-state index in [9.17, 15) is 0 Å². The molecule has 0 aliphatic rings. The Labute approximate surface area is 128 Å². The largest absolute Gasteiger partial charge is 0.247 e. The summed E-state index contributed by atoms with van der Waals surface area (Å²) in [5.74, 6) is 0. The van der Waals surface area contributed by atoms with E-state index < -0.39 is 0 Å². The summed E-state index contributed by atoms with van der Waals surface area (Å²) < 4.78 is 1.31. The number of thiophene rings is 1. The zero-order valence-corrected chi connectivity index (χ0v) is 13.0. The fourth-order valence-corrected chi connectivity index (χ4v) is 3.34. The summed E-state index contributed by atoms with van der Waals surface area (Å²) in [4.78, 5) is 5.98. The van der Waals surface area contributed by atoms with Crippen molar-refractivity contribution in [3.63, 3.8) is 0 Å². The van der Waals surface area contributed by atoms with E-state index in [1.54, 1.807) is 11.3 Å². The quantitative estimate of drug-likeness (QED) is 0.410. The highest BCUT2D eigenvalue weighted by Gasteiger charge is 2.05. The van der Waals surface area contributed by atoms with Crippen LogP contribution in [-0.2, 0) is 0 Å². The number of para-hydroxylation sites is 1. The molecule has 104 valence electrons. The third-order valence-corrected chi connectivity index (χ3v) is 4.41. The van der Waals surface area contributed by atoms with Gasteiger partial charge in [0.15, 0.2) is 0 Å². The van der Waals surface area contributed by atoms with Gasteiger partial charge >= 0.3 is 0 Å². The molecule has 0 fully saturated rings. The van der Waals surface area contributed by atoms with Gasteiger partial charge in [0.2, 0.25) is 0 Å². The molecular formula is C19H17NS. The average molecular weight is 291 g/mol. The average Bonchev–Trinajstić information content (AvgIpc) is 3.00. The Morgan fingerprint density at radius 1 is 0.762 bits per heavy atom. The fourth-order valence-electron chi connectivity index (χ4n) is 2.31. The van der Waals surface area contributed by atoms with Crippen LogP contribution < -0.4 is 0 Å². The van der Waals surface area contributed by atoms with Crippen LogP contribution in [0.4, 0.5) is 0 Å². The fraction of sp³-hybridized carbons (Fsp3) is 0.105. The molecule has 0 spiro atoms. The summed E-state index contributed by atoms with van der Waals surface area (Å²) in [7, 11) is 0. The molecule has 2 heteroatoms. The predicted octanol–water partition coefficient (Wildman–Crippen LogP) is 6.14. The number of fused-ring (bicyclic) bond motifs is 2. The van der Waals surface area contributed by atoms with Gasteiger partial charge in [0, 0.05) is 10.1 Å². The van der Waals surface area contributed by atoms with Crippen LogP contribution in [-0.4, -0.2) is 4.98 Å². The summed E-state index contributed by atoms with van der Waals surface area (Å²) in [5.41, 5.74) is 2.11. The molecule has 2 aromatic carbocycles. The van der Waals surface area contributed by atoms with Crippen molar-refractivity contribution in [2.45, 2.75) is 13.8 Å². The van der Waals surface area contributed by atoms with Crippen molar-refractivity contribution >= 4 is 32.3 Å². The normalized spacial score (nSPS) is 10.4. The molecule has 21 heavy (non-hydrogen) atoms. The Bertz CT molecular complexity index is 844. The minimum atomic E-state index is 1.05. The van der Waals surface area contributed by atoms with Gasteiger partial charge in [0.05, 0.1) is 16.1 Å². The van der Waals surface area contributed by atoms with Crippen LogP contribution in [0, 0.1) is 0 Å². The first-order valence-corrected chi connectivity index (χ1v) is 8.06. The maximum atomic E-state index is 4.75. The number of benzene rings is 2. The van der Waals surface area contributed by atoms with Crippen molar-refractivity contribution in [2.75, 3.05) is 0 Å². The molecule has 4 rings (SSSR count). The lowest BCUT2D eigenvalue weighted by Crippen LogP contribution is -1.81. The van der Waals surface area contributed by atoms with E-state index in [1.165, 1.54) is 20.3 Å². The van der Waals surface area contributed by atoms with E-state index >= 15 is 0 Å². The first-order valence-electron chi connectivity index (χ1n) is 7.25. The van der Waals surface area contributed by atoms with E-state index in [-0.39, 0.29) is 0 Å². The van der Waals surface area contributed by atoms with Gasteiger partial charge in [0.25, 0.3) is 0 Å². The van der Waals surface area contributed by atoms with Crippen LogP contribution in [0.1, 0.15) is 13.8 Å². The number of aromatic nitrogens is 1. The minimum absolute atomic E-state index is 1.05. The number of nitrogens with zero attached hydrogens (tertiary/aromatic N) is 1. The molecule has 0 bridgehead atoms. The van der Waals surface area contributed by atoms with Crippen molar-refractivity contribution in [3.05, 3.63) is 66.7 Å². The molecular weight excluding hydrogens is 274 g/mol. The lowest BCUT2D eigenvalue weighted by molar-refractivity contribution is 1.42. The molecule has 0 amide bonds. The van der Waals surface area contributed by atoms with Crippen molar-refractivity contribution in [2.24, 2.45) is 0 Å². The van der Waals surface area contributed by atoms with Gasteiger partial charge < -0.3 is 0 Å². The highest BCUT2D eigenvalue weighted by molar-refractivity contribution is 7.22. The second-order valence-electron chi connectivity index (χ2n) is 4.54. The van der Waals surface area contributed by atoms with Crippen LogP contribution in [0.5, 0.6) is 0 Å². The van der Waals surface area contributed by atoms with Crippen LogP contribution in [0.25, 0.3) is 31.6 Å². The maximum absolute atomic E-state index is 4.75. The van der Waals surface area contributed by atoms with Crippen LogP contribution in [0.15, 0.2) is 66.7 Å². The van der Waals surface area contributed by atoms with E-state index in [0.29, 0.717) is 0 Å². The van der Waals surface area contributed by atoms with Crippen LogP contribution in [0.2, 0.25) is 0 Å². The minimum Gasteiger partial charge on any atom is -0.247 e. The molecule has 0 aliphatic carbocycles. The van der Waals surface area contributed by atoms with Gasteiger partial charge in [-0.15, -0.1) is 11.3 Å². The number of hydrogen-bond donors (Lipinski definition) is 0. The third kappa shape index (κ3) is 2.67. The standard InChI is InChI=1S/C17H11NS.C2H6/c1-3-7-14-12(5-1)9-10-15(18-14)17-11-13-6-2-4-8-16(13)19-17;1-2/h1-11H;1-2H3. The van der Waals surface area contributed by atoms with Crippen molar-refractivity contribution < 1.29 is 0 Å². The van der Waals surface area contributed by atoms with Crippen LogP contribution in [0.3, 0.4) is 0 Å². The molecule has 0 atom stereocenters. The molecule has 2 aromatic heterocycles. The number of hydrogen-bond acceptors (Lipinski definition) is 2. The number of rotatable bonds is 1. The molecule has 0 radical (unpaired) electrons. The van der Waals surface area contributed by atoms with Gasteiger partial charge in [-0.05, 0) is 29.7 Å². The van der Waals surface area contributed by atoms with Crippen molar-refractivity contribution in [3.8, 4) is 10.6 Å². The van der Waals surface area contributed by atoms with Crippen LogP contribution >= 0.6 is 11.3 Å². The summed E-state index contributed by atoms with van der Waals surface area (Å²) in [5, 5.41) is 2.48. The van der Waals surface area contributed by atoms with E-state index in [0.717, 1.165) is 11.2 Å². The summed E-state index contributed by atoms with van der Waals surface area (Å²) in [6.45, 7) is 4.00. The van der Waals surface area contributed by atoms with Crippen molar-refractivity contribution in [1.82, 2.24) is 4.98 Å². The first-order chi connectivity index (χ1) is 10.4. The molecule has 0 saturated heterocycles. The molecule has 1 nitrogen and oxygen atoms in total. The lowest BCUT2D eigenvalue weighted by Gasteiger charge is -1.99. The SMILES string of the molecule is CC.c1ccc2nc(-c3cc4ccccc4s3)ccc2c1. The smallest absolute Gasteiger partial charge is 0.0809 e. The zero-order valence-electron chi connectivity index (χ0n) is 12.2. The lowest BCUT2D eigenvalue weighted by atomic mass is 10.2. The van der Waals surface area contributed by atoms with E-state index in [4.69, 9.17) is 4.98 Å². The molecule has 4 aromatic rings. The first kappa shape index (κ1) is 13.8. The Hall–Kier alpha value is -2.19. The Morgan fingerprint density at radius 2 is 1.48 bits per heavy atom. The van der Waals surface area contributed by atoms with Crippen molar-refractivity contribution in [1.29, 1.82) is 0 Å². The highest BCUT2D eigenvalue weighted by Crippen LogP contribution is 2.32. The Kier molecular flexibility index (Phi) is 3.98. The second-order valence-corrected chi connectivity index (χ2v) is 5.62. The number of pyridine rings is 1. The predicted molar refractivity (Wildman–Crippen MR) is 93.9 cm³/mol. The van der Waals surface area contributed by atoms with E-state index in [1.807, 2.05) is 26.0 Å². The highest BCUT2D eigenvalue weighted by atomic mass is 32.1. The summed E-state index contributed by atoms with van der Waals surface area (Å²) in [6.07, 6.45) is 0. The molecule has 0 aliphatic heterocycles. The monoisotopic (exact) mass is 291 g/mol. The molecule has 0 unspecified atom stereocenters. The molecule has 0 N–H and O–H groups in total.